The first-order valence-corrected chi connectivity index (χ1v) is 11.8. The molecule has 2 aromatic rings. The minimum absolute atomic E-state index is 0.0490. The zero-order valence-corrected chi connectivity index (χ0v) is 20.6. The molecule has 0 unspecified atom stereocenters. The van der Waals surface area contributed by atoms with Gasteiger partial charge in [-0.15, -0.1) is 0 Å². The van der Waals surface area contributed by atoms with Crippen LogP contribution in [-0.2, 0) is 19.1 Å². The quantitative estimate of drug-likeness (QED) is 0.164. The highest BCUT2D eigenvalue weighted by molar-refractivity contribution is 5.96. The van der Waals surface area contributed by atoms with Crippen LogP contribution < -0.4 is 21.1 Å². The third-order valence-electron chi connectivity index (χ3n) is 5.67. The number of aliphatic hydroxyl groups is 3. The number of aliphatic hydroxyl groups excluding tert-OH is 3. The molecule has 14 nitrogen and oxygen atoms in total. The summed E-state index contributed by atoms with van der Waals surface area (Å²) in [7, 11) is 1.47. The first-order valence-electron chi connectivity index (χ1n) is 11.8. The van der Waals surface area contributed by atoms with Gasteiger partial charge in [0.15, 0.2) is 6.23 Å². The van der Waals surface area contributed by atoms with Gasteiger partial charge >= 0.3 is 11.7 Å². The second-order valence-electron chi connectivity index (χ2n) is 8.31. The standard InChI is InChI=1S/C24H30N4O10/c1-36-15-6-3-2-5-14(15)22(34)25-10-4-12-37-19(31)8-7-18(30)26-17-9-11-28(24(35)27-17)23-21(33)20(32)16(13-29)38-23/h2-3,5-6,9,11,16,20-21,23,29,32-33H,4,7-8,10,12-13H2,1H3,(H,25,34)(H,26,27,30,35)/t16-,20-,21+,23-/m1/s1. The summed E-state index contributed by atoms with van der Waals surface area (Å²) in [5.41, 5.74) is -0.474. The Balaban J connectivity index is 1.36. The van der Waals surface area contributed by atoms with E-state index in [1.54, 1.807) is 24.3 Å². The number of benzene rings is 1. The van der Waals surface area contributed by atoms with Crippen molar-refractivity contribution in [1.29, 1.82) is 0 Å². The molecule has 1 aromatic carbocycles. The number of nitrogens with zero attached hydrogens (tertiary/aromatic N) is 2. The van der Waals surface area contributed by atoms with E-state index >= 15 is 0 Å². The van der Waals surface area contributed by atoms with E-state index in [0.29, 0.717) is 17.7 Å². The van der Waals surface area contributed by atoms with Gasteiger partial charge in [0.1, 0.15) is 29.9 Å². The number of carbonyl (C=O) groups excluding carboxylic acids is 3. The van der Waals surface area contributed by atoms with Crippen molar-refractivity contribution in [3.8, 4) is 5.75 Å². The summed E-state index contributed by atoms with van der Waals surface area (Å²) in [5.74, 6) is -1.14. The summed E-state index contributed by atoms with van der Waals surface area (Å²) in [6.45, 7) is -0.230. The van der Waals surface area contributed by atoms with Crippen LogP contribution in [0.15, 0.2) is 41.3 Å². The molecule has 1 aliphatic rings. The highest BCUT2D eigenvalue weighted by Crippen LogP contribution is 2.28. The minimum atomic E-state index is -1.46. The lowest BCUT2D eigenvalue weighted by molar-refractivity contribution is -0.144. The van der Waals surface area contributed by atoms with Crippen LogP contribution >= 0.6 is 0 Å². The van der Waals surface area contributed by atoms with Crippen LogP contribution in [0.2, 0.25) is 0 Å². The van der Waals surface area contributed by atoms with Crippen molar-refractivity contribution in [1.82, 2.24) is 14.9 Å². The number of carbonyl (C=O) groups is 3. The number of para-hydroxylation sites is 1. The fourth-order valence-electron chi connectivity index (χ4n) is 3.67. The maximum absolute atomic E-state index is 12.3. The van der Waals surface area contributed by atoms with Crippen LogP contribution in [0, 0.1) is 0 Å². The topological polar surface area (TPSA) is 199 Å². The highest BCUT2D eigenvalue weighted by Gasteiger charge is 2.43. The van der Waals surface area contributed by atoms with Crippen LogP contribution in [0.5, 0.6) is 5.75 Å². The summed E-state index contributed by atoms with van der Waals surface area (Å²) >= 11 is 0. The Labute approximate surface area is 217 Å². The van der Waals surface area contributed by atoms with Crippen molar-refractivity contribution >= 4 is 23.6 Å². The van der Waals surface area contributed by atoms with Crippen molar-refractivity contribution in [2.24, 2.45) is 0 Å². The van der Waals surface area contributed by atoms with E-state index in [2.05, 4.69) is 15.6 Å². The third kappa shape index (κ3) is 7.35. The molecule has 1 saturated heterocycles. The largest absolute Gasteiger partial charge is 0.496 e. The Morgan fingerprint density at radius 3 is 2.58 bits per heavy atom. The number of rotatable bonds is 12. The van der Waals surface area contributed by atoms with Crippen LogP contribution in [0.4, 0.5) is 5.82 Å². The molecule has 1 aromatic heterocycles. The second-order valence-corrected chi connectivity index (χ2v) is 8.31. The lowest BCUT2D eigenvalue weighted by Crippen LogP contribution is -2.36. The van der Waals surface area contributed by atoms with E-state index in [4.69, 9.17) is 19.3 Å². The molecule has 206 valence electrons. The Kier molecular flexibility index (Phi) is 10.3. The molecular formula is C24H30N4O10. The monoisotopic (exact) mass is 534 g/mol. The average Bonchev–Trinajstić information content (AvgIpc) is 3.20. The summed E-state index contributed by atoms with van der Waals surface area (Å²) < 4.78 is 16.4. The van der Waals surface area contributed by atoms with E-state index in [1.165, 1.54) is 19.4 Å². The Morgan fingerprint density at radius 1 is 1.13 bits per heavy atom. The predicted molar refractivity (Wildman–Crippen MR) is 130 cm³/mol. The van der Waals surface area contributed by atoms with Gasteiger partial charge in [0, 0.05) is 19.2 Å². The third-order valence-corrected chi connectivity index (χ3v) is 5.67. The minimum Gasteiger partial charge on any atom is -0.496 e. The van der Waals surface area contributed by atoms with Gasteiger partial charge in [-0.3, -0.25) is 19.0 Å². The van der Waals surface area contributed by atoms with Crippen LogP contribution in [0.3, 0.4) is 0 Å². The summed E-state index contributed by atoms with van der Waals surface area (Å²) in [6.07, 6.45) is -3.99. The van der Waals surface area contributed by atoms with Crippen molar-refractivity contribution in [3.63, 3.8) is 0 Å². The van der Waals surface area contributed by atoms with Gasteiger partial charge in [0.05, 0.1) is 32.3 Å². The maximum Gasteiger partial charge on any atom is 0.351 e. The van der Waals surface area contributed by atoms with E-state index in [1.807, 2.05) is 0 Å². The number of ether oxygens (including phenoxy) is 3. The van der Waals surface area contributed by atoms with Crippen LogP contribution in [-0.4, -0.2) is 87.8 Å². The van der Waals surface area contributed by atoms with Gasteiger partial charge in [-0.05, 0) is 24.6 Å². The summed E-state index contributed by atoms with van der Waals surface area (Å²) in [6, 6.07) is 8.06. The lowest BCUT2D eigenvalue weighted by Gasteiger charge is -2.17. The van der Waals surface area contributed by atoms with E-state index in [-0.39, 0.29) is 37.7 Å². The molecule has 38 heavy (non-hydrogen) atoms. The molecule has 0 saturated carbocycles. The van der Waals surface area contributed by atoms with E-state index in [9.17, 15) is 29.4 Å². The number of esters is 1. The van der Waals surface area contributed by atoms with E-state index < -0.39 is 48.7 Å². The van der Waals surface area contributed by atoms with Gasteiger partial charge in [-0.1, -0.05) is 12.1 Å². The Morgan fingerprint density at radius 2 is 1.89 bits per heavy atom. The van der Waals surface area contributed by atoms with Gasteiger partial charge in [-0.2, -0.15) is 4.98 Å². The number of amides is 2. The van der Waals surface area contributed by atoms with E-state index in [0.717, 1.165) is 4.57 Å². The Bertz CT molecular complexity index is 1190. The molecule has 0 bridgehead atoms. The van der Waals surface area contributed by atoms with Gasteiger partial charge in [-0.25, -0.2) is 4.79 Å². The number of aromatic nitrogens is 2. The number of methoxy groups -OCH3 is 1. The molecule has 0 spiro atoms. The smallest absolute Gasteiger partial charge is 0.351 e. The van der Waals surface area contributed by atoms with Crippen molar-refractivity contribution in [3.05, 3.63) is 52.6 Å². The number of anilines is 1. The normalized spacial score (nSPS) is 20.5. The molecule has 2 heterocycles. The van der Waals surface area contributed by atoms with Crippen molar-refractivity contribution in [2.45, 2.75) is 43.8 Å². The SMILES string of the molecule is COc1ccccc1C(=O)NCCCOC(=O)CCC(=O)Nc1ccn([C@@H]2O[C@H](CO)[C@@H](O)[C@@H]2O)c(=O)n1. The Hall–Kier alpha value is -3.85. The fraction of sp³-hybridized carbons (Fsp3) is 0.458. The molecule has 14 heteroatoms. The molecule has 0 radical (unpaired) electrons. The number of hydrogen-bond donors (Lipinski definition) is 5. The van der Waals surface area contributed by atoms with Crippen LogP contribution in [0.1, 0.15) is 35.8 Å². The molecule has 1 aliphatic heterocycles. The molecule has 0 aliphatic carbocycles. The molecule has 3 rings (SSSR count). The first kappa shape index (κ1) is 28.7. The number of hydrogen-bond acceptors (Lipinski definition) is 11. The van der Waals surface area contributed by atoms with Gasteiger partial charge < -0.3 is 40.2 Å². The molecular weight excluding hydrogens is 504 g/mol. The summed E-state index contributed by atoms with van der Waals surface area (Å²) in [4.78, 5) is 52.2. The zero-order valence-electron chi connectivity index (χ0n) is 20.6. The van der Waals surface area contributed by atoms with Crippen LogP contribution in [0.25, 0.3) is 0 Å². The van der Waals surface area contributed by atoms with Crippen molar-refractivity contribution < 1.29 is 43.9 Å². The predicted octanol–water partition coefficient (Wildman–Crippen LogP) is -1.05. The second kappa shape index (κ2) is 13.6. The lowest BCUT2D eigenvalue weighted by atomic mass is 10.1. The molecule has 5 N–H and O–H groups in total. The first-order chi connectivity index (χ1) is 18.2. The van der Waals surface area contributed by atoms with Gasteiger partial charge in [0.2, 0.25) is 5.91 Å². The molecule has 1 fully saturated rings. The van der Waals surface area contributed by atoms with Gasteiger partial charge in [0.25, 0.3) is 5.91 Å². The molecule has 4 atom stereocenters. The molecule has 2 amide bonds. The summed E-state index contributed by atoms with van der Waals surface area (Å²) in [5, 5.41) is 34.1. The maximum atomic E-state index is 12.3. The van der Waals surface area contributed by atoms with Crippen molar-refractivity contribution in [2.75, 3.05) is 32.2 Å². The highest BCUT2D eigenvalue weighted by atomic mass is 16.6. The average molecular weight is 535 g/mol. The zero-order chi connectivity index (χ0) is 27.7. The fourth-order valence-corrected chi connectivity index (χ4v) is 3.67. The number of nitrogens with one attached hydrogen (secondary N) is 2.